The highest BCUT2D eigenvalue weighted by atomic mass is 35.5. The van der Waals surface area contributed by atoms with Gasteiger partial charge in [-0.05, 0) is 38.7 Å². The first kappa shape index (κ1) is 13.6. The second kappa shape index (κ2) is 6.39. The Morgan fingerprint density at radius 2 is 2.16 bits per heavy atom. The van der Waals surface area contributed by atoms with E-state index in [1.54, 1.807) is 0 Å². The Hall–Kier alpha value is -1.80. The first-order valence-corrected chi connectivity index (χ1v) is 6.18. The summed E-state index contributed by atoms with van der Waals surface area (Å²) in [6, 6.07) is 0. The fourth-order valence-electron chi connectivity index (χ4n) is 1.43. The van der Waals surface area contributed by atoms with E-state index in [4.69, 9.17) is 11.6 Å². The molecule has 102 valence electrons. The van der Waals surface area contributed by atoms with Crippen LogP contribution in [0.3, 0.4) is 0 Å². The van der Waals surface area contributed by atoms with Gasteiger partial charge in [-0.25, -0.2) is 4.98 Å². The van der Waals surface area contributed by atoms with Gasteiger partial charge in [0, 0.05) is 6.54 Å². The quantitative estimate of drug-likeness (QED) is 0.771. The van der Waals surface area contributed by atoms with Gasteiger partial charge in [-0.3, -0.25) is 0 Å². The summed E-state index contributed by atoms with van der Waals surface area (Å²) >= 11 is 5.86. The van der Waals surface area contributed by atoms with Crippen molar-refractivity contribution in [1.29, 1.82) is 0 Å². The molecule has 1 N–H and O–H groups in total. The summed E-state index contributed by atoms with van der Waals surface area (Å²) in [6.45, 7) is 1.75. The van der Waals surface area contributed by atoms with Crippen molar-refractivity contribution in [2.75, 3.05) is 32.5 Å². The number of hydrogen-bond acceptors (Lipinski definition) is 7. The summed E-state index contributed by atoms with van der Waals surface area (Å²) in [7, 11) is 4.06. The average Bonchev–Trinajstić information content (AvgIpc) is 2.87. The lowest BCUT2D eigenvalue weighted by molar-refractivity contribution is 0.405. The summed E-state index contributed by atoms with van der Waals surface area (Å²) in [5.41, 5.74) is 0. The molecule has 9 heteroatoms. The molecule has 0 aromatic carbocycles. The minimum atomic E-state index is 0.121. The molecule has 0 aliphatic heterocycles. The predicted molar refractivity (Wildman–Crippen MR) is 71.4 cm³/mol. The molecular weight excluding hydrogens is 268 g/mol. The van der Waals surface area contributed by atoms with Crippen LogP contribution < -0.4 is 5.32 Å². The molecule has 0 saturated carbocycles. The molecule has 2 rings (SSSR count). The van der Waals surface area contributed by atoms with E-state index in [1.807, 2.05) is 14.1 Å². The first-order valence-electron chi connectivity index (χ1n) is 5.80. The fourth-order valence-corrected chi connectivity index (χ4v) is 1.58. The summed E-state index contributed by atoms with van der Waals surface area (Å²) in [4.78, 5) is 18.2. The topological polar surface area (TPSA) is 84.6 Å². The van der Waals surface area contributed by atoms with E-state index in [9.17, 15) is 0 Å². The summed E-state index contributed by atoms with van der Waals surface area (Å²) in [5.74, 6) is 0.775. The minimum absolute atomic E-state index is 0.121. The molecule has 8 nitrogen and oxygen atoms in total. The molecule has 0 amide bonds. The van der Waals surface area contributed by atoms with Crippen molar-refractivity contribution in [3.63, 3.8) is 0 Å². The molecule has 0 unspecified atom stereocenters. The fraction of sp³-hybridized carbons (Fsp3) is 0.500. The smallest absolute Gasteiger partial charge is 0.258 e. The monoisotopic (exact) mass is 282 g/mol. The zero-order chi connectivity index (χ0) is 13.7. The SMILES string of the molecule is CN(C)CCCNc1nc(Cl)nc(-n2cncn2)n1. The molecule has 0 aliphatic rings. The van der Waals surface area contributed by atoms with Crippen LogP contribution in [0.5, 0.6) is 0 Å². The van der Waals surface area contributed by atoms with Crippen LogP contribution in [0, 0.1) is 0 Å². The Morgan fingerprint density at radius 3 is 2.84 bits per heavy atom. The lowest BCUT2D eigenvalue weighted by Gasteiger charge is -2.10. The van der Waals surface area contributed by atoms with Crippen LogP contribution in [0.1, 0.15) is 6.42 Å². The Labute approximate surface area is 115 Å². The Balaban J connectivity index is 2.01. The second-order valence-corrected chi connectivity index (χ2v) is 4.49. The van der Waals surface area contributed by atoms with Gasteiger partial charge in [0.15, 0.2) is 0 Å². The second-order valence-electron chi connectivity index (χ2n) is 4.15. The van der Waals surface area contributed by atoms with E-state index in [0.29, 0.717) is 11.9 Å². The zero-order valence-corrected chi connectivity index (χ0v) is 11.5. The molecule has 0 atom stereocenters. The summed E-state index contributed by atoms with van der Waals surface area (Å²) in [6.07, 6.45) is 3.89. The van der Waals surface area contributed by atoms with E-state index < -0.39 is 0 Å². The number of aromatic nitrogens is 6. The van der Waals surface area contributed by atoms with Gasteiger partial charge in [-0.2, -0.15) is 24.7 Å². The van der Waals surface area contributed by atoms with Crippen molar-refractivity contribution in [3.8, 4) is 5.95 Å². The molecule has 2 aromatic heterocycles. The predicted octanol–water partition coefficient (Wildman–Crippen LogP) is 0.469. The number of nitrogens with one attached hydrogen (secondary N) is 1. The van der Waals surface area contributed by atoms with Crippen molar-refractivity contribution >= 4 is 17.5 Å². The van der Waals surface area contributed by atoms with E-state index in [1.165, 1.54) is 17.3 Å². The third kappa shape index (κ3) is 4.11. The number of hydrogen-bond donors (Lipinski definition) is 1. The van der Waals surface area contributed by atoms with Gasteiger partial charge in [0.05, 0.1) is 0 Å². The van der Waals surface area contributed by atoms with Crippen molar-refractivity contribution in [1.82, 2.24) is 34.6 Å². The molecule has 0 radical (unpaired) electrons. The largest absolute Gasteiger partial charge is 0.354 e. The number of halogens is 1. The molecule has 2 aromatic rings. The van der Waals surface area contributed by atoms with E-state index in [2.05, 4.69) is 35.3 Å². The molecular formula is C10H15ClN8. The van der Waals surface area contributed by atoms with Crippen LogP contribution in [-0.2, 0) is 0 Å². The third-order valence-corrected chi connectivity index (χ3v) is 2.45. The van der Waals surface area contributed by atoms with Crippen molar-refractivity contribution < 1.29 is 0 Å². The maximum Gasteiger partial charge on any atom is 0.258 e. The zero-order valence-electron chi connectivity index (χ0n) is 10.8. The molecule has 19 heavy (non-hydrogen) atoms. The lowest BCUT2D eigenvalue weighted by Crippen LogP contribution is -2.17. The Bertz CT molecular complexity index is 512. The van der Waals surface area contributed by atoms with Crippen LogP contribution in [-0.4, -0.2) is 61.8 Å². The van der Waals surface area contributed by atoms with Gasteiger partial charge in [-0.1, -0.05) is 0 Å². The van der Waals surface area contributed by atoms with Gasteiger partial charge in [0.1, 0.15) is 12.7 Å². The first-order chi connectivity index (χ1) is 9.15. The maximum atomic E-state index is 5.86. The lowest BCUT2D eigenvalue weighted by atomic mass is 10.4. The van der Waals surface area contributed by atoms with Crippen LogP contribution in [0.15, 0.2) is 12.7 Å². The van der Waals surface area contributed by atoms with Crippen LogP contribution in [0.2, 0.25) is 5.28 Å². The third-order valence-electron chi connectivity index (χ3n) is 2.29. The van der Waals surface area contributed by atoms with Gasteiger partial charge >= 0.3 is 0 Å². The highest BCUT2D eigenvalue weighted by molar-refractivity contribution is 6.28. The van der Waals surface area contributed by atoms with Crippen molar-refractivity contribution in [3.05, 3.63) is 17.9 Å². The average molecular weight is 283 g/mol. The Morgan fingerprint density at radius 1 is 1.32 bits per heavy atom. The van der Waals surface area contributed by atoms with Gasteiger partial charge in [0.25, 0.3) is 5.95 Å². The standard InChI is InChI=1S/C10H15ClN8/c1-18(2)5-3-4-13-9-15-8(11)16-10(17-9)19-7-12-6-14-19/h6-7H,3-5H2,1-2H3,(H,13,15,16,17). The van der Waals surface area contributed by atoms with E-state index in [-0.39, 0.29) is 5.28 Å². The van der Waals surface area contributed by atoms with Crippen molar-refractivity contribution in [2.24, 2.45) is 0 Å². The highest BCUT2D eigenvalue weighted by Crippen LogP contribution is 2.08. The van der Waals surface area contributed by atoms with Crippen molar-refractivity contribution in [2.45, 2.75) is 6.42 Å². The van der Waals surface area contributed by atoms with E-state index in [0.717, 1.165) is 19.5 Å². The van der Waals surface area contributed by atoms with Gasteiger partial charge in [0.2, 0.25) is 11.2 Å². The number of rotatable bonds is 6. The molecule has 0 spiro atoms. The summed E-state index contributed by atoms with van der Waals surface area (Å²) < 4.78 is 1.43. The van der Waals surface area contributed by atoms with Crippen LogP contribution in [0.25, 0.3) is 5.95 Å². The van der Waals surface area contributed by atoms with Crippen LogP contribution >= 0.6 is 11.6 Å². The summed E-state index contributed by atoms with van der Waals surface area (Å²) in [5, 5.41) is 7.18. The molecule has 2 heterocycles. The molecule has 0 aliphatic carbocycles. The minimum Gasteiger partial charge on any atom is -0.354 e. The number of anilines is 1. The highest BCUT2D eigenvalue weighted by Gasteiger charge is 2.07. The van der Waals surface area contributed by atoms with Gasteiger partial charge in [-0.15, -0.1) is 0 Å². The maximum absolute atomic E-state index is 5.86. The molecule has 0 saturated heterocycles. The van der Waals surface area contributed by atoms with Crippen LogP contribution in [0.4, 0.5) is 5.95 Å². The molecule has 0 fully saturated rings. The number of nitrogens with zero attached hydrogens (tertiary/aromatic N) is 7. The van der Waals surface area contributed by atoms with E-state index >= 15 is 0 Å². The van der Waals surface area contributed by atoms with Gasteiger partial charge < -0.3 is 10.2 Å². The Kier molecular flexibility index (Phi) is 4.58. The normalized spacial score (nSPS) is 10.9. The molecule has 0 bridgehead atoms.